The predicted octanol–water partition coefficient (Wildman–Crippen LogP) is 0.992. The van der Waals surface area contributed by atoms with E-state index in [1.165, 1.54) is 0 Å². The number of nitrogens with one attached hydrogen (secondary N) is 2. The highest BCUT2D eigenvalue weighted by atomic mass is 16.5. The van der Waals surface area contributed by atoms with E-state index in [1.807, 2.05) is 37.3 Å². The molecule has 0 aromatic carbocycles. The van der Waals surface area contributed by atoms with E-state index in [1.54, 1.807) is 0 Å². The second-order valence-electron chi connectivity index (χ2n) is 6.74. The van der Waals surface area contributed by atoms with Crippen molar-refractivity contribution in [3.8, 4) is 0 Å². The third-order valence-corrected chi connectivity index (χ3v) is 4.49. The maximum absolute atomic E-state index is 9.34. The molecule has 0 aliphatic carbocycles. The SMILES string of the molecule is CCNC(=NCc1ccnc(N(C)C)c1)NCC1(CCO)CCOC1. The molecule has 0 saturated carbocycles. The number of pyridine rings is 1. The molecule has 1 aliphatic rings. The number of aliphatic imine (C=N–C) groups is 1. The predicted molar refractivity (Wildman–Crippen MR) is 101 cm³/mol. The minimum Gasteiger partial charge on any atom is -0.396 e. The number of aliphatic hydroxyl groups is 1. The van der Waals surface area contributed by atoms with Gasteiger partial charge >= 0.3 is 0 Å². The number of aliphatic hydroxyl groups excluding tert-OH is 1. The molecule has 2 rings (SSSR count). The molecule has 7 heteroatoms. The Bertz CT molecular complexity index is 556. The summed E-state index contributed by atoms with van der Waals surface area (Å²) in [5.74, 6) is 1.71. The zero-order valence-corrected chi connectivity index (χ0v) is 15.6. The molecule has 25 heavy (non-hydrogen) atoms. The van der Waals surface area contributed by atoms with E-state index in [0.717, 1.165) is 49.9 Å². The van der Waals surface area contributed by atoms with Crippen molar-refractivity contribution in [1.82, 2.24) is 15.6 Å². The van der Waals surface area contributed by atoms with Crippen molar-refractivity contribution in [1.29, 1.82) is 0 Å². The van der Waals surface area contributed by atoms with E-state index < -0.39 is 0 Å². The van der Waals surface area contributed by atoms with Gasteiger partial charge in [-0.15, -0.1) is 0 Å². The Morgan fingerprint density at radius 2 is 2.28 bits per heavy atom. The summed E-state index contributed by atoms with van der Waals surface area (Å²) >= 11 is 0. The second kappa shape index (κ2) is 9.58. The largest absolute Gasteiger partial charge is 0.396 e. The summed E-state index contributed by atoms with van der Waals surface area (Å²) in [5, 5.41) is 16.0. The van der Waals surface area contributed by atoms with Gasteiger partial charge in [-0.25, -0.2) is 9.98 Å². The van der Waals surface area contributed by atoms with Crippen LogP contribution < -0.4 is 15.5 Å². The third-order valence-electron chi connectivity index (χ3n) is 4.49. The van der Waals surface area contributed by atoms with Crippen molar-refractivity contribution in [3.63, 3.8) is 0 Å². The molecule has 1 aromatic rings. The average Bonchev–Trinajstić information content (AvgIpc) is 3.07. The lowest BCUT2D eigenvalue weighted by Gasteiger charge is -2.27. The Labute approximate surface area is 150 Å². The van der Waals surface area contributed by atoms with Gasteiger partial charge in [-0.05, 0) is 37.5 Å². The van der Waals surface area contributed by atoms with Crippen molar-refractivity contribution in [2.24, 2.45) is 10.4 Å². The Morgan fingerprint density at radius 1 is 1.44 bits per heavy atom. The average molecular weight is 349 g/mol. The van der Waals surface area contributed by atoms with Gasteiger partial charge in [0.15, 0.2) is 5.96 Å². The van der Waals surface area contributed by atoms with Crippen LogP contribution in [0, 0.1) is 5.41 Å². The van der Waals surface area contributed by atoms with Crippen LogP contribution in [0.2, 0.25) is 0 Å². The van der Waals surface area contributed by atoms with E-state index in [9.17, 15) is 5.11 Å². The molecule has 1 atom stereocenters. The molecule has 140 valence electrons. The highest BCUT2D eigenvalue weighted by Gasteiger charge is 2.34. The zero-order chi connectivity index (χ0) is 18.1. The van der Waals surface area contributed by atoms with Gasteiger partial charge in [0.25, 0.3) is 0 Å². The van der Waals surface area contributed by atoms with Crippen molar-refractivity contribution < 1.29 is 9.84 Å². The molecule has 1 aliphatic heterocycles. The summed E-state index contributed by atoms with van der Waals surface area (Å²) in [5.41, 5.74) is 1.12. The number of aromatic nitrogens is 1. The molecule has 1 saturated heterocycles. The Balaban J connectivity index is 1.99. The standard InChI is InChI=1S/C18H31N5O2/c1-4-19-17(22-13-18(6-9-24)7-10-25-14-18)21-12-15-5-8-20-16(11-15)23(2)3/h5,8,11,24H,4,6-7,9-10,12-14H2,1-3H3,(H2,19,21,22). The molecule has 2 heterocycles. The smallest absolute Gasteiger partial charge is 0.191 e. The van der Waals surface area contributed by atoms with Gasteiger partial charge in [-0.3, -0.25) is 0 Å². The number of anilines is 1. The van der Waals surface area contributed by atoms with Gasteiger partial charge in [0.05, 0.1) is 13.2 Å². The molecular formula is C18H31N5O2. The summed E-state index contributed by atoms with van der Waals surface area (Å²) in [7, 11) is 3.95. The molecule has 1 aromatic heterocycles. The van der Waals surface area contributed by atoms with Crippen LogP contribution in [0.15, 0.2) is 23.3 Å². The van der Waals surface area contributed by atoms with Crippen LogP contribution in [0.25, 0.3) is 0 Å². The topological polar surface area (TPSA) is 82.0 Å². The second-order valence-corrected chi connectivity index (χ2v) is 6.74. The first-order valence-corrected chi connectivity index (χ1v) is 8.91. The van der Waals surface area contributed by atoms with Crippen LogP contribution in [0.1, 0.15) is 25.3 Å². The minimum atomic E-state index is -0.000297. The normalized spacial score (nSPS) is 20.6. The van der Waals surface area contributed by atoms with Crippen LogP contribution in [0.4, 0.5) is 5.82 Å². The van der Waals surface area contributed by atoms with E-state index in [-0.39, 0.29) is 12.0 Å². The first kappa shape index (κ1) is 19.5. The van der Waals surface area contributed by atoms with Crippen molar-refractivity contribution in [3.05, 3.63) is 23.9 Å². The number of rotatable bonds is 8. The number of guanidine groups is 1. The van der Waals surface area contributed by atoms with Crippen LogP contribution in [-0.2, 0) is 11.3 Å². The highest BCUT2D eigenvalue weighted by Crippen LogP contribution is 2.31. The van der Waals surface area contributed by atoms with Crippen molar-refractivity contribution >= 4 is 11.8 Å². The first-order chi connectivity index (χ1) is 12.1. The van der Waals surface area contributed by atoms with Gasteiger partial charge in [0, 0.05) is 52.0 Å². The van der Waals surface area contributed by atoms with Crippen LogP contribution in [-0.4, -0.2) is 63.1 Å². The van der Waals surface area contributed by atoms with Gasteiger partial charge in [-0.1, -0.05) is 0 Å². The fourth-order valence-electron chi connectivity index (χ4n) is 2.90. The zero-order valence-electron chi connectivity index (χ0n) is 15.6. The van der Waals surface area contributed by atoms with Gasteiger partial charge in [0.1, 0.15) is 5.82 Å². The van der Waals surface area contributed by atoms with Crippen LogP contribution in [0.5, 0.6) is 0 Å². The van der Waals surface area contributed by atoms with E-state index in [2.05, 4.69) is 27.5 Å². The van der Waals surface area contributed by atoms with Gasteiger partial charge in [0.2, 0.25) is 0 Å². The molecule has 1 fully saturated rings. The third kappa shape index (κ3) is 5.86. The minimum absolute atomic E-state index is 0.000297. The Morgan fingerprint density at radius 3 is 2.92 bits per heavy atom. The first-order valence-electron chi connectivity index (χ1n) is 8.91. The van der Waals surface area contributed by atoms with E-state index >= 15 is 0 Å². The number of nitrogens with zero attached hydrogens (tertiary/aromatic N) is 3. The molecule has 3 N–H and O–H groups in total. The molecule has 7 nitrogen and oxygen atoms in total. The van der Waals surface area contributed by atoms with Crippen molar-refractivity contribution in [2.75, 3.05) is 51.9 Å². The Hall–Kier alpha value is -1.86. The maximum atomic E-state index is 9.34. The summed E-state index contributed by atoms with van der Waals surface area (Å²) in [6.45, 7) is 5.82. The monoisotopic (exact) mass is 349 g/mol. The lowest BCUT2D eigenvalue weighted by molar-refractivity contribution is 0.127. The Kier molecular flexibility index (Phi) is 7.46. The summed E-state index contributed by atoms with van der Waals surface area (Å²) in [4.78, 5) is 11.0. The quantitative estimate of drug-likeness (QED) is 0.480. The number of hydrogen-bond donors (Lipinski definition) is 3. The van der Waals surface area contributed by atoms with E-state index in [0.29, 0.717) is 13.2 Å². The van der Waals surface area contributed by atoms with E-state index in [4.69, 9.17) is 4.74 Å². The summed E-state index contributed by atoms with van der Waals surface area (Å²) < 4.78 is 5.55. The molecule has 0 spiro atoms. The van der Waals surface area contributed by atoms with Crippen molar-refractivity contribution in [2.45, 2.75) is 26.3 Å². The van der Waals surface area contributed by atoms with Gasteiger partial charge in [-0.2, -0.15) is 0 Å². The maximum Gasteiger partial charge on any atom is 0.191 e. The van der Waals surface area contributed by atoms with Crippen LogP contribution >= 0.6 is 0 Å². The summed E-state index contributed by atoms with van der Waals surface area (Å²) in [6, 6.07) is 4.03. The molecule has 0 bridgehead atoms. The molecule has 0 radical (unpaired) electrons. The fourth-order valence-corrected chi connectivity index (χ4v) is 2.90. The fraction of sp³-hybridized carbons (Fsp3) is 0.667. The number of hydrogen-bond acceptors (Lipinski definition) is 5. The molecule has 1 unspecified atom stereocenters. The lowest BCUT2D eigenvalue weighted by Crippen LogP contribution is -2.44. The summed E-state index contributed by atoms with van der Waals surface area (Å²) in [6.07, 6.45) is 3.53. The number of ether oxygens (including phenoxy) is 1. The van der Waals surface area contributed by atoms with Crippen LogP contribution in [0.3, 0.4) is 0 Å². The lowest BCUT2D eigenvalue weighted by atomic mass is 9.84. The van der Waals surface area contributed by atoms with Gasteiger partial charge < -0.3 is 25.4 Å². The highest BCUT2D eigenvalue weighted by molar-refractivity contribution is 5.79. The molecular weight excluding hydrogens is 318 g/mol. The molecule has 0 amide bonds.